The highest BCUT2D eigenvalue weighted by molar-refractivity contribution is 9.10. The molecule has 0 bridgehead atoms. The summed E-state index contributed by atoms with van der Waals surface area (Å²) < 4.78 is 6.47. The summed E-state index contributed by atoms with van der Waals surface area (Å²) in [6.45, 7) is 2.53. The minimum Gasteiger partial charge on any atom is -0.369 e. The summed E-state index contributed by atoms with van der Waals surface area (Å²) in [7, 11) is 0. The van der Waals surface area contributed by atoms with Gasteiger partial charge in [-0.15, -0.1) is 0 Å². The smallest absolute Gasteiger partial charge is 0.253 e. The van der Waals surface area contributed by atoms with Crippen molar-refractivity contribution >= 4 is 27.5 Å². The van der Waals surface area contributed by atoms with Gasteiger partial charge in [0.2, 0.25) is 0 Å². The molecule has 18 heavy (non-hydrogen) atoms. The zero-order valence-corrected chi connectivity index (χ0v) is 11.6. The van der Waals surface area contributed by atoms with E-state index in [1.807, 2.05) is 29.2 Å². The molecule has 5 heteroatoms. The Kier molecular flexibility index (Phi) is 3.13. The number of carbonyl (C=O) groups is 1. The number of hydrogen-bond acceptors (Lipinski definition) is 3. The summed E-state index contributed by atoms with van der Waals surface area (Å²) in [5, 5.41) is 3.33. The van der Waals surface area contributed by atoms with Crippen LogP contribution >= 0.6 is 15.9 Å². The number of nitrogens with zero attached hydrogens (tertiary/aromatic N) is 1. The Morgan fingerprint density at radius 3 is 2.78 bits per heavy atom. The molecule has 2 fully saturated rings. The second kappa shape index (κ2) is 4.64. The highest BCUT2D eigenvalue weighted by Crippen LogP contribution is 2.33. The van der Waals surface area contributed by atoms with Gasteiger partial charge in [-0.25, -0.2) is 0 Å². The maximum atomic E-state index is 12.2. The average Bonchev–Trinajstić information content (AvgIpc) is 2.80. The molecule has 2 heterocycles. The van der Waals surface area contributed by atoms with E-state index in [0.717, 1.165) is 29.7 Å². The van der Waals surface area contributed by atoms with E-state index < -0.39 is 0 Å². The molecule has 1 aromatic carbocycles. The molecule has 1 spiro atoms. The third-order valence-electron chi connectivity index (χ3n) is 3.63. The molecule has 2 aliphatic rings. The van der Waals surface area contributed by atoms with Gasteiger partial charge in [-0.1, -0.05) is 15.9 Å². The topological polar surface area (TPSA) is 41.6 Å². The summed E-state index contributed by atoms with van der Waals surface area (Å²) in [4.78, 5) is 14.1. The fourth-order valence-corrected chi connectivity index (χ4v) is 3.04. The Bertz CT molecular complexity index is 455. The maximum absolute atomic E-state index is 12.2. The van der Waals surface area contributed by atoms with Crippen LogP contribution in [-0.4, -0.2) is 37.7 Å². The summed E-state index contributed by atoms with van der Waals surface area (Å²) in [5.74, 6) is 0.0484. The van der Waals surface area contributed by atoms with Crippen molar-refractivity contribution in [3.8, 4) is 0 Å². The van der Waals surface area contributed by atoms with E-state index >= 15 is 0 Å². The Hall–Kier alpha value is -0.910. The van der Waals surface area contributed by atoms with Crippen LogP contribution in [-0.2, 0) is 9.53 Å². The molecular formula is C13H15BrN2O2. The average molecular weight is 311 g/mol. The summed E-state index contributed by atoms with van der Waals surface area (Å²) >= 11 is 3.42. The highest BCUT2D eigenvalue weighted by Gasteiger charge is 2.46. The fraction of sp³-hybridized carbons (Fsp3) is 0.462. The number of amides is 1. The first-order valence-electron chi connectivity index (χ1n) is 6.08. The molecule has 4 nitrogen and oxygen atoms in total. The van der Waals surface area contributed by atoms with Gasteiger partial charge in [0.25, 0.3) is 5.91 Å². The standard InChI is InChI=1S/C13H15BrN2O2/c14-10-1-3-11(4-2-10)16-12(17)7-18-9-13(16)5-6-15-8-13/h1-4,15H,5-9H2. The Balaban J connectivity index is 1.99. The first-order chi connectivity index (χ1) is 8.71. The molecule has 1 unspecified atom stereocenters. The van der Waals surface area contributed by atoms with Crippen molar-refractivity contribution in [2.24, 2.45) is 0 Å². The van der Waals surface area contributed by atoms with E-state index in [9.17, 15) is 4.79 Å². The second-order valence-corrected chi connectivity index (χ2v) is 5.77. The number of carbonyl (C=O) groups excluding carboxylic acids is 1. The third kappa shape index (κ3) is 1.96. The normalized spacial score (nSPS) is 28.1. The fourth-order valence-electron chi connectivity index (χ4n) is 2.77. The largest absolute Gasteiger partial charge is 0.369 e. The molecular weight excluding hydrogens is 296 g/mol. The van der Waals surface area contributed by atoms with Crippen molar-refractivity contribution in [3.05, 3.63) is 28.7 Å². The quantitative estimate of drug-likeness (QED) is 0.855. The molecule has 0 radical (unpaired) electrons. The van der Waals surface area contributed by atoms with Crippen molar-refractivity contribution < 1.29 is 9.53 Å². The summed E-state index contributed by atoms with van der Waals surface area (Å²) in [5.41, 5.74) is 0.749. The van der Waals surface area contributed by atoms with Gasteiger partial charge in [-0.2, -0.15) is 0 Å². The number of hydrogen-bond donors (Lipinski definition) is 1. The lowest BCUT2D eigenvalue weighted by molar-refractivity contribution is -0.129. The summed E-state index contributed by atoms with van der Waals surface area (Å²) in [6, 6.07) is 7.89. The predicted molar refractivity (Wildman–Crippen MR) is 72.7 cm³/mol. The van der Waals surface area contributed by atoms with Gasteiger partial charge < -0.3 is 15.0 Å². The van der Waals surface area contributed by atoms with Crippen LogP contribution in [0.1, 0.15) is 6.42 Å². The van der Waals surface area contributed by atoms with Crippen LogP contribution in [0.25, 0.3) is 0 Å². The van der Waals surface area contributed by atoms with E-state index in [1.54, 1.807) is 0 Å². The Morgan fingerprint density at radius 1 is 1.33 bits per heavy atom. The molecule has 3 rings (SSSR count). The number of ether oxygens (including phenoxy) is 1. The lowest BCUT2D eigenvalue weighted by Gasteiger charge is -2.43. The molecule has 1 amide bonds. The molecule has 2 saturated heterocycles. The van der Waals surface area contributed by atoms with Crippen LogP contribution < -0.4 is 10.2 Å². The minimum absolute atomic E-state index is 0.0484. The molecule has 0 saturated carbocycles. The van der Waals surface area contributed by atoms with Gasteiger partial charge in [-0.05, 0) is 37.2 Å². The SMILES string of the molecule is O=C1COCC2(CCNC2)N1c1ccc(Br)cc1. The van der Waals surface area contributed by atoms with Crippen LogP contribution in [0.15, 0.2) is 28.7 Å². The Labute approximate surface area is 114 Å². The van der Waals surface area contributed by atoms with Crippen LogP contribution in [0.3, 0.4) is 0 Å². The van der Waals surface area contributed by atoms with Crippen molar-refractivity contribution in [1.82, 2.24) is 5.32 Å². The number of halogens is 1. The lowest BCUT2D eigenvalue weighted by atomic mass is 9.94. The molecule has 2 aliphatic heterocycles. The van der Waals surface area contributed by atoms with Crippen LogP contribution in [0, 0.1) is 0 Å². The third-order valence-corrected chi connectivity index (χ3v) is 4.15. The van der Waals surface area contributed by atoms with Crippen molar-refractivity contribution in [2.75, 3.05) is 31.2 Å². The Morgan fingerprint density at radius 2 is 2.11 bits per heavy atom. The van der Waals surface area contributed by atoms with Gasteiger partial charge in [0.05, 0.1) is 12.1 Å². The maximum Gasteiger partial charge on any atom is 0.253 e. The van der Waals surface area contributed by atoms with Gasteiger partial charge in [0.1, 0.15) is 6.61 Å². The van der Waals surface area contributed by atoms with Gasteiger partial charge in [0, 0.05) is 16.7 Å². The molecule has 1 atom stereocenters. The molecule has 1 aromatic rings. The number of rotatable bonds is 1. The van der Waals surface area contributed by atoms with Crippen molar-refractivity contribution in [1.29, 1.82) is 0 Å². The first kappa shape index (κ1) is 12.1. The van der Waals surface area contributed by atoms with Crippen molar-refractivity contribution in [2.45, 2.75) is 12.0 Å². The number of morpholine rings is 1. The zero-order valence-electron chi connectivity index (χ0n) is 9.99. The van der Waals surface area contributed by atoms with Crippen LogP contribution in [0.4, 0.5) is 5.69 Å². The minimum atomic E-state index is -0.205. The monoisotopic (exact) mass is 310 g/mol. The van der Waals surface area contributed by atoms with Gasteiger partial charge >= 0.3 is 0 Å². The zero-order chi connectivity index (χ0) is 12.6. The highest BCUT2D eigenvalue weighted by atomic mass is 79.9. The summed E-state index contributed by atoms with van der Waals surface area (Å²) in [6.07, 6.45) is 0.939. The van der Waals surface area contributed by atoms with Gasteiger partial charge in [0.15, 0.2) is 0 Å². The van der Waals surface area contributed by atoms with E-state index in [4.69, 9.17) is 4.74 Å². The van der Waals surface area contributed by atoms with E-state index in [2.05, 4.69) is 21.2 Å². The number of benzene rings is 1. The number of nitrogens with one attached hydrogen (secondary N) is 1. The molecule has 96 valence electrons. The molecule has 0 aliphatic carbocycles. The molecule has 0 aromatic heterocycles. The second-order valence-electron chi connectivity index (χ2n) is 4.85. The lowest BCUT2D eigenvalue weighted by Crippen LogP contribution is -2.61. The van der Waals surface area contributed by atoms with E-state index in [0.29, 0.717) is 6.61 Å². The van der Waals surface area contributed by atoms with Crippen molar-refractivity contribution in [3.63, 3.8) is 0 Å². The van der Waals surface area contributed by atoms with Crippen LogP contribution in [0.2, 0.25) is 0 Å². The molecule has 1 N–H and O–H groups in total. The predicted octanol–water partition coefficient (Wildman–Crippen LogP) is 1.54. The number of anilines is 1. The van der Waals surface area contributed by atoms with Gasteiger partial charge in [-0.3, -0.25) is 4.79 Å². The van der Waals surface area contributed by atoms with E-state index in [-0.39, 0.29) is 18.1 Å². The first-order valence-corrected chi connectivity index (χ1v) is 6.88. The van der Waals surface area contributed by atoms with Crippen LogP contribution in [0.5, 0.6) is 0 Å². The van der Waals surface area contributed by atoms with E-state index in [1.165, 1.54) is 0 Å².